The monoisotopic (exact) mass is 340 g/mol. The van der Waals surface area contributed by atoms with Crippen molar-refractivity contribution >= 4 is 16.9 Å². The molecule has 3 heterocycles. The smallest absolute Gasteiger partial charge is 0.272 e. The Balaban J connectivity index is 1.62. The largest absolute Gasteiger partial charge is 0.390 e. The lowest BCUT2D eigenvalue weighted by Gasteiger charge is -2.33. The summed E-state index contributed by atoms with van der Waals surface area (Å²) in [4.78, 5) is 28.7. The van der Waals surface area contributed by atoms with Gasteiger partial charge in [-0.25, -0.2) is 15.0 Å². The van der Waals surface area contributed by atoms with Gasteiger partial charge in [-0.1, -0.05) is 0 Å². The van der Waals surface area contributed by atoms with Crippen molar-refractivity contribution in [1.29, 1.82) is 0 Å². The quantitative estimate of drug-likeness (QED) is 0.670. The molecule has 130 valence electrons. The molecule has 8 nitrogen and oxygen atoms in total. The third kappa shape index (κ3) is 3.12. The van der Waals surface area contributed by atoms with Crippen molar-refractivity contribution in [2.24, 2.45) is 0 Å². The average Bonchev–Trinajstić information content (AvgIpc) is 3.26. The molecule has 0 spiro atoms. The van der Waals surface area contributed by atoms with Crippen LogP contribution in [0.4, 0.5) is 0 Å². The highest BCUT2D eigenvalue weighted by Gasteiger charge is 2.30. The Bertz CT molecular complexity index is 889. The zero-order chi connectivity index (χ0) is 17.4. The van der Waals surface area contributed by atoms with Gasteiger partial charge in [0.05, 0.1) is 16.6 Å². The Hall–Kier alpha value is -2.74. The van der Waals surface area contributed by atoms with Gasteiger partial charge in [0, 0.05) is 24.6 Å². The molecule has 3 aromatic rings. The summed E-state index contributed by atoms with van der Waals surface area (Å²) in [5.74, 6) is 0.170. The summed E-state index contributed by atoms with van der Waals surface area (Å²) in [7, 11) is 0. The summed E-state index contributed by atoms with van der Waals surface area (Å²) in [6, 6.07) is 1.86. The van der Waals surface area contributed by atoms with E-state index in [2.05, 4.69) is 25.3 Å². The average molecular weight is 340 g/mol. The van der Waals surface area contributed by atoms with Crippen molar-refractivity contribution in [2.45, 2.75) is 44.2 Å². The van der Waals surface area contributed by atoms with Gasteiger partial charge in [0.1, 0.15) is 6.33 Å². The molecule has 3 aromatic heterocycles. The van der Waals surface area contributed by atoms with Crippen molar-refractivity contribution in [3.63, 3.8) is 0 Å². The number of aromatic amines is 1. The Kier molecular flexibility index (Phi) is 3.76. The number of nitrogens with one attached hydrogen (secondary N) is 2. The van der Waals surface area contributed by atoms with Gasteiger partial charge in [0.2, 0.25) is 5.95 Å². The molecule has 25 heavy (non-hydrogen) atoms. The number of nitrogens with zero attached hydrogens (tertiary/aromatic N) is 4. The number of carbonyl (C=O) groups is 1. The second-order valence-corrected chi connectivity index (χ2v) is 6.82. The van der Waals surface area contributed by atoms with Crippen LogP contribution in [0.1, 0.15) is 43.1 Å². The summed E-state index contributed by atoms with van der Waals surface area (Å²) in [5, 5.41) is 13.1. The minimum atomic E-state index is -0.628. The molecule has 3 N–H and O–H groups in total. The van der Waals surface area contributed by atoms with Gasteiger partial charge in [0.15, 0.2) is 5.69 Å². The van der Waals surface area contributed by atoms with Crippen molar-refractivity contribution in [3.8, 4) is 5.95 Å². The minimum Gasteiger partial charge on any atom is -0.390 e. The van der Waals surface area contributed by atoms with Crippen molar-refractivity contribution in [3.05, 3.63) is 36.7 Å². The molecule has 0 bridgehead atoms. The van der Waals surface area contributed by atoms with Gasteiger partial charge in [-0.15, -0.1) is 0 Å². The molecule has 1 fully saturated rings. The number of carbonyl (C=O) groups excluding carboxylic acids is 1. The van der Waals surface area contributed by atoms with E-state index in [0.29, 0.717) is 35.5 Å². The van der Waals surface area contributed by atoms with Crippen LogP contribution in [-0.2, 0) is 0 Å². The van der Waals surface area contributed by atoms with Crippen LogP contribution in [0.15, 0.2) is 31.0 Å². The molecule has 0 saturated heterocycles. The lowest BCUT2D eigenvalue weighted by molar-refractivity contribution is 0.0140. The van der Waals surface area contributed by atoms with E-state index in [9.17, 15) is 9.90 Å². The molecule has 4 rings (SSSR count). The predicted octanol–water partition coefficient (Wildman–Crippen LogP) is 1.57. The normalized spacial score (nSPS) is 23.7. The van der Waals surface area contributed by atoms with E-state index in [1.165, 1.54) is 0 Å². The zero-order valence-corrected chi connectivity index (χ0v) is 13.9. The van der Waals surface area contributed by atoms with Gasteiger partial charge < -0.3 is 15.4 Å². The highest BCUT2D eigenvalue weighted by Crippen LogP contribution is 2.28. The number of fused-ring (bicyclic) bond motifs is 1. The maximum Gasteiger partial charge on any atom is 0.272 e. The third-order valence-corrected chi connectivity index (χ3v) is 4.74. The fourth-order valence-electron chi connectivity index (χ4n) is 3.23. The van der Waals surface area contributed by atoms with E-state index in [1.54, 1.807) is 29.5 Å². The van der Waals surface area contributed by atoms with Crippen LogP contribution < -0.4 is 5.32 Å². The molecule has 1 aliphatic rings. The van der Waals surface area contributed by atoms with Crippen LogP contribution in [0, 0.1) is 0 Å². The number of hydrogen-bond acceptors (Lipinski definition) is 5. The summed E-state index contributed by atoms with van der Waals surface area (Å²) in [6.07, 6.45) is 9.58. The summed E-state index contributed by atoms with van der Waals surface area (Å²) >= 11 is 0. The predicted molar refractivity (Wildman–Crippen MR) is 91.4 cm³/mol. The number of aromatic nitrogens is 5. The molecular formula is C17H20N6O2. The number of imidazole rings is 1. The zero-order valence-electron chi connectivity index (χ0n) is 13.9. The van der Waals surface area contributed by atoms with Gasteiger partial charge in [-0.3, -0.25) is 9.36 Å². The Labute approximate surface area is 144 Å². The topological polar surface area (TPSA) is 109 Å². The number of amides is 1. The maximum atomic E-state index is 12.8. The molecule has 1 aliphatic carbocycles. The number of hydrogen-bond donors (Lipinski definition) is 3. The number of aliphatic hydroxyl groups is 1. The highest BCUT2D eigenvalue weighted by molar-refractivity contribution is 6.03. The first-order valence-corrected chi connectivity index (χ1v) is 8.38. The molecule has 0 unspecified atom stereocenters. The van der Waals surface area contributed by atoms with Crippen LogP contribution in [0.3, 0.4) is 0 Å². The summed E-state index contributed by atoms with van der Waals surface area (Å²) in [5.41, 5.74) is 0.980. The number of rotatable bonds is 3. The molecule has 1 saturated carbocycles. The van der Waals surface area contributed by atoms with E-state index in [0.717, 1.165) is 12.8 Å². The fraction of sp³-hybridized carbons (Fsp3) is 0.412. The molecule has 0 atom stereocenters. The van der Waals surface area contributed by atoms with Crippen LogP contribution in [0.2, 0.25) is 0 Å². The maximum absolute atomic E-state index is 12.8. The van der Waals surface area contributed by atoms with Gasteiger partial charge in [-0.05, 0) is 38.7 Å². The lowest BCUT2D eigenvalue weighted by Crippen LogP contribution is -2.42. The van der Waals surface area contributed by atoms with Crippen LogP contribution in [0.25, 0.3) is 17.0 Å². The van der Waals surface area contributed by atoms with Crippen LogP contribution in [-0.4, -0.2) is 47.2 Å². The van der Waals surface area contributed by atoms with Gasteiger partial charge in [0.25, 0.3) is 5.91 Å². The first kappa shape index (κ1) is 15.8. The van der Waals surface area contributed by atoms with Crippen molar-refractivity contribution in [1.82, 2.24) is 29.8 Å². The van der Waals surface area contributed by atoms with E-state index < -0.39 is 5.60 Å². The second kappa shape index (κ2) is 5.96. The SMILES string of the molecule is C[C@]1(O)CC[C@@H](NC(=O)c2nc(-n3ccnc3)nc3cc[nH]c23)CC1. The molecule has 0 aliphatic heterocycles. The minimum absolute atomic E-state index is 0.0457. The lowest BCUT2D eigenvalue weighted by atomic mass is 9.83. The van der Waals surface area contributed by atoms with E-state index in [4.69, 9.17) is 0 Å². The molecule has 8 heteroatoms. The van der Waals surface area contributed by atoms with Gasteiger partial charge in [-0.2, -0.15) is 0 Å². The van der Waals surface area contributed by atoms with E-state index in [1.807, 2.05) is 13.0 Å². The number of H-pyrrole nitrogens is 1. The molecule has 0 aromatic carbocycles. The van der Waals surface area contributed by atoms with Crippen molar-refractivity contribution < 1.29 is 9.90 Å². The first-order chi connectivity index (χ1) is 12.0. The summed E-state index contributed by atoms with van der Waals surface area (Å²) in [6.45, 7) is 1.84. The molecule has 0 radical (unpaired) electrons. The highest BCUT2D eigenvalue weighted by atomic mass is 16.3. The van der Waals surface area contributed by atoms with Crippen LogP contribution in [0.5, 0.6) is 0 Å². The second-order valence-electron chi connectivity index (χ2n) is 6.82. The van der Waals surface area contributed by atoms with Gasteiger partial charge >= 0.3 is 0 Å². The fourth-order valence-corrected chi connectivity index (χ4v) is 3.23. The molecule has 1 amide bonds. The van der Waals surface area contributed by atoms with E-state index in [-0.39, 0.29) is 11.9 Å². The Morgan fingerprint density at radius 2 is 2.20 bits per heavy atom. The Morgan fingerprint density at radius 3 is 2.92 bits per heavy atom. The Morgan fingerprint density at radius 1 is 1.40 bits per heavy atom. The third-order valence-electron chi connectivity index (χ3n) is 4.74. The first-order valence-electron chi connectivity index (χ1n) is 8.38. The summed E-state index contributed by atoms with van der Waals surface area (Å²) < 4.78 is 1.67. The molecular weight excluding hydrogens is 320 g/mol. The van der Waals surface area contributed by atoms with Crippen LogP contribution >= 0.6 is 0 Å². The standard InChI is InChI=1S/C17H20N6O2/c1-17(25)5-2-11(3-6-17)20-15(24)14-13-12(4-7-19-13)21-16(22-14)23-9-8-18-10-23/h4,7-11,19,25H,2-3,5-6H2,1H3,(H,20,24)/t11-,17+. The van der Waals surface area contributed by atoms with Crippen molar-refractivity contribution in [2.75, 3.05) is 0 Å². The van der Waals surface area contributed by atoms with E-state index >= 15 is 0 Å².